The van der Waals surface area contributed by atoms with Gasteiger partial charge in [-0.2, -0.15) is 0 Å². The SMILES string of the molecule is CCNC(=NCC(c1ccccc1OC)N1CCCC1)NCC(c1ccco1)N(C)C.I. The molecule has 1 aromatic heterocycles. The first-order valence-corrected chi connectivity index (χ1v) is 11.2. The number of hydrogen-bond donors (Lipinski definition) is 2. The number of aliphatic imine (C=N–C) groups is 1. The van der Waals surface area contributed by atoms with Crippen molar-refractivity contribution in [3.05, 3.63) is 54.0 Å². The Hall–Kier alpha value is -1.78. The summed E-state index contributed by atoms with van der Waals surface area (Å²) in [6.07, 6.45) is 4.20. The number of likely N-dealkylation sites (tertiary alicyclic amines) is 1. The van der Waals surface area contributed by atoms with E-state index >= 15 is 0 Å². The summed E-state index contributed by atoms with van der Waals surface area (Å²) in [7, 11) is 5.86. The fraction of sp³-hybridized carbons (Fsp3) is 0.542. The maximum absolute atomic E-state index is 5.66. The van der Waals surface area contributed by atoms with E-state index in [-0.39, 0.29) is 36.1 Å². The molecule has 0 radical (unpaired) electrons. The van der Waals surface area contributed by atoms with Crippen LogP contribution in [0, 0.1) is 0 Å². The number of furan rings is 1. The van der Waals surface area contributed by atoms with Crippen LogP contribution in [0.2, 0.25) is 0 Å². The molecule has 1 aromatic carbocycles. The minimum Gasteiger partial charge on any atom is -0.496 e. The van der Waals surface area contributed by atoms with Crippen LogP contribution in [0.3, 0.4) is 0 Å². The van der Waals surface area contributed by atoms with Crippen LogP contribution in [0.25, 0.3) is 0 Å². The van der Waals surface area contributed by atoms with E-state index in [0.29, 0.717) is 13.1 Å². The Morgan fingerprint density at radius 2 is 1.91 bits per heavy atom. The molecule has 7 nitrogen and oxygen atoms in total. The molecule has 0 bridgehead atoms. The van der Waals surface area contributed by atoms with Gasteiger partial charge < -0.3 is 19.8 Å². The van der Waals surface area contributed by atoms with Crippen molar-refractivity contribution < 1.29 is 9.15 Å². The van der Waals surface area contributed by atoms with Crippen LogP contribution in [-0.2, 0) is 0 Å². The highest BCUT2D eigenvalue weighted by atomic mass is 127. The van der Waals surface area contributed by atoms with Crippen molar-refractivity contribution in [1.29, 1.82) is 0 Å². The van der Waals surface area contributed by atoms with E-state index < -0.39 is 0 Å². The number of rotatable bonds is 10. The van der Waals surface area contributed by atoms with Crippen LogP contribution in [0.5, 0.6) is 5.75 Å². The van der Waals surface area contributed by atoms with Crippen molar-refractivity contribution in [1.82, 2.24) is 20.4 Å². The summed E-state index contributed by atoms with van der Waals surface area (Å²) >= 11 is 0. The Labute approximate surface area is 209 Å². The van der Waals surface area contributed by atoms with Gasteiger partial charge in [0.1, 0.15) is 11.5 Å². The Morgan fingerprint density at radius 3 is 2.53 bits per heavy atom. The summed E-state index contributed by atoms with van der Waals surface area (Å²) in [5, 5.41) is 6.89. The second-order valence-corrected chi connectivity index (χ2v) is 8.10. The van der Waals surface area contributed by atoms with Crippen LogP contribution in [0.4, 0.5) is 0 Å². The second-order valence-electron chi connectivity index (χ2n) is 8.10. The second kappa shape index (κ2) is 13.7. The molecule has 32 heavy (non-hydrogen) atoms. The van der Waals surface area contributed by atoms with Gasteiger partial charge in [-0.25, -0.2) is 0 Å². The lowest BCUT2D eigenvalue weighted by Crippen LogP contribution is -2.42. The molecular weight excluding hydrogens is 517 g/mol. The summed E-state index contributed by atoms with van der Waals surface area (Å²) in [6, 6.07) is 12.6. The highest BCUT2D eigenvalue weighted by molar-refractivity contribution is 14.0. The predicted octanol–water partition coefficient (Wildman–Crippen LogP) is 3.90. The van der Waals surface area contributed by atoms with Crippen LogP contribution in [-0.4, -0.2) is 69.7 Å². The largest absolute Gasteiger partial charge is 0.496 e. The Balaban J connectivity index is 0.00000363. The van der Waals surface area contributed by atoms with Crippen LogP contribution >= 0.6 is 24.0 Å². The molecule has 3 rings (SSSR count). The number of nitrogens with zero attached hydrogens (tertiary/aromatic N) is 3. The zero-order chi connectivity index (χ0) is 22.1. The molecule has 2 unspecified atom stereocenters. The molecule has 1 aliphatic heterocycles. The van der Waals surface area contributed by atoms with Gasteiger partial charge in [0.15, 0.2) is 5.96 Å². The van der Waals surface area contributed by atoms with Gasteiger partial charge in [0, 0.05) is 18.7 Å². The molecule has 2 aromatic rings. The van der Waals surface area contributed by atoms with Crippen molar-refractivity contribution in [2.45, 2.75) is 31.8 Å². The number of hydrogen-bond acceptors (Lipinski definition) is 5. The van der Waals surface area contributed by atoms with Gasteiger partial charge >= 0.3 is 0 Å². The first-order valence-electron chi connectivity index (χ1n) is 11.2. The van der Waals surface area contributed by atoms with E-state index in [0.717, 1.165) is 37.1 Å². The van der Waals surface area contributed by atoms with Gasteiger partial charge in [-0.05, 0) is 65.1 Å². The van der Waals surface area contributed by atoms with Gasteiger partial charge in [-0.1, -0.05) is 18.2 Å². The number of halogens is 1. The molecule has 1 saturated heterocycles. The summed E-state index contributed by atoms with van der Waals surface area (Å²) in [5.41, 5.74) is 1.20. The van der Waals surface area contributed by atoms with Crippen molar-refractivity contribution in [3.8, 4) is 5.75 Å². The zero-order valence-corrected chi connectivity index (χ0v) is 22.0. The lowest BCUT2D eigenvalue weighted by Gasteiger charge is -2.28. The molecule has 1 aliphatic rings. The monoisotopic (exact) mass is 555 g/mol. The van der Waals surface area contributed by atoms with Crippen LogP contribution < -0.4 is 15.4 Å². The lowest BCUT2D eigenvalue weighted by atomic mass is 10.0. The number of guanidine groups is 1. The summed E-state index contributed by atoms with van der Waals surface area (Å²) in [6.45, 7) is 6.47. The molecule has 178 valence electrons. The molecule has 1 fully saturated rings. The van der Waals surface area contributed by atoms with Crippen molar-refractivity contribution in [3.63, 3.8) is 0 Å². The average Bonchev–Trinajstić information content (AvgIpc) is 3.49. The number of methoxy groups -OCH3 is 1. The van der Waals surface area contributed by atoms with Crippen molar-refractivity contribution in [2.24, 2.45) is 4.99 Å². The molecule has 0 spiro atoms. The topological polar surface area (TPSA) is 65.3 Å². The third-order valence-electron chi connectivity index (χ3n) is 5.80. The predicted molar refractivity (Wildman–Crippen MR) is 141 cm³/mol. The Kier molecular flexibility index (Phi) is 11.3. The summed E-state index contributed by atoms with van der Waals surface area (Å²) in [5.74, 6) is 2.69. The minimum absolute atomic E-state index is 0. The standard InChI is InChI=1S/C24H37N5O2.HI/c1-5-25-24(27-18-21(28(2)3)23-13-10-16-31-23)26-17-20(29-14-8-9-15-29)19-11-6-7-12-22(19)30-4;/h6-7,10-13,16,20-21H,5,8-9,14-15,17-18H2,1-4H3,(H2,25,26,27);1H. The smallest absolute Gasteiger partial charge is 0.191 e. The quantitative estimate of drug-likeness (QED) is 0.264. The Bertz CT molecular complexity index is 806. The molecular formula is C24H38IN5O2. The minimum atomic E-state index is 0. The van der Waals surface area contributed by atoms with E-state index in [4.69, 9.17) is 14.1 Å². The lowest BCUT2D eigenvalue weighted by molar-refractivity contribution is 0.245. The van der Waals surface area contributed by atoms with Crippen molar-refractivity contribution >= 4 is 29.9 Å². The fourth-order valence-electron chi connectivity index (χ4n) is 4.14. The third kappa shape index (κ3) is 7.11. The summed E-state index contributed by atoms with van der Waals surface area (Å²) in [4.78, 5) is 9.65. The third-order valence-corrected chi connectivity index (χ3v) is 5.80. The molecule has 2 atom stereocenters. The van der Waals surface area contributed by atoms with Gasteiger partial charge in [0.05, 0.1) is 32.0 Å². The van der Waals surface area contributed by atoms with Crippen molar-refractivity contribution in [2.75, 3.05) is 53.9 Å². The molecule has 8 heteroatoms. The molecule has 0 saturated carbocycles. The first kappa shape index (κ1) is 26.5. The van der Waals surface area contributed by atoms with Crippen LogP contribution in [0.15, 0.2) is 52.1 Å². The molecule has 2 heterocycles. The van der Waals surface area contributed by atoms with E-state index in [1.807, 2.05) is 24.3 Å². The number of benzene rings is 1. The highest BCUT2D eigenvalue weighted by Gasteiger charge is 2.26. The maximum atomic E-state index is 5.66. The van der Waals surface area contributed by atoms with E-state index in [9.17, 15) is 0 Å². The molecule has 0 amide bonds. The Morgan fingerprint density at radius 1 is 1.16 bits per heavy atom. The average molecular weight is 556 g/mol. The fourth-order valence-corrected chi connectivity index (χ4v) is 4.14. The van der Waals surface area contributed by atoms with Gasteiger partial charge in [0.25, 0.3) is 0 Å². The van der Waals surface area contributed by atoms with E-state index in [1.54, 1.807) is 13.4 Å². The normalized spacial score (nSPS) is 16.5. The van der Waals surface area contributed by atoms with E-state index in [2.05, 4.69) is 53.6 Å². The van der Waals surface area contributed by atoms with E-state index in [1.165, 1.54) is 18.4 Å². The number of nitrogens with one attached hydrogen (secondary N) is 2. The van der Waals surface area contributed by atoms with Gasteiger partial charge in [-0.3, -0.25) is 14.8 Å². The first-order chi connectivity index (χ1) is 15.1. The zero-order valence-electron chi connectivity index (χ0n) is 19.7. The number of likely N-dealkylation sites (N-methyl/N-ethyl adjacent to an activating group) is 1. The van der Waals surface area contributed by atoms with Crippen LogP contribution in [0.1, 0.15) is 43.2 Å². The summed E-state index contributed by atoms with van der Waals surface area (Å²) < 4.78 is 11.3. The van der Waals surface area contributed by atoms with Gasteiger partial charge in [0.2, 0.25) is 0 Å². The number of ether oxygens (including phenoxy) is 1. The van der Waals surface area contributed by atoms with Gasteiger partial charge in [-0.15, -0.1) is 24.0 Å². The molecule has 2 N–H and O–H groups in total. The molecule has 0 aliphatic carbocycles. The highest BCUT2D eigenvalue weighted by Crippen LogP contribution is 2.31. The number of para-hydroxylation sites is 1. The maximum Gasteiger partial charge on any atom is 0.191 e.